The average molecular weight is 237 g/mol. The summed E-state index contributed by atoms with van der Waals surface area (Å²) in [7, 11) is 3.13. The van der Waals surface area contributed by atoms with Crippen molar-refractivity contribution in [3.8, 4) is 11.5 Å². The number of methoxy groups -OCH3 is 2. The van der Waals surface area contributed by atoms with Crippen LogP contribution in [0.4, 0.5) is 5.69 Å². The van der Waals surface area contributed by atoms with Crippen LogP contribution in [0.3, 0.4) is 0 Å². The first-order valence-corrected chi connectivity index (χ1v) is 5.02. The highest BCUT2D eigenvalue weighted by molar-refractivity contribution is 5.79. The second-order valence-electron chi connectivity index (χ2n) is 3.19. The van der Waals surface area contributed by atoms with Crippen molar-refractivity contribution < 1.29 is 19.4 Å². The minimum Gasteiger partial charge on any atom is -0.493 e. The standard InChI is InChI=1S/C12H15NO4/c1-16-10-6-5-9(8-11(10)17-2)13-7-3-4-12(14)15/h3-6,8,13H,7H2,1-2H3,(H,14,15)/b4-3+. The van der Waals surface area contributed by atoms with E-state index in [-0.39, 0.29) is 0 Å². The molecule has 1 aromatic carbocycles. The molecular weight excluding hydrogens is 222 g/mol. The van der Waals surface area contributed by atoms with E-state index in [0.29, 0.717) is 18.0 Å². The number of nitrogens with one attached hydrogen (secondary N) is 1. The molecule has 2 N–H and O–H groups in total. The van der Waals surface area contributed by atoms with Gasteiger partial charge in [-0.1, -0.05) is 6.08 Å². The van der Waals surface area contributed by atoms with Gasteiger partial charge in [0.1, 0.15) is 0 Å². The van der Waals surface area contributed by atoms with E-state index >= 15 is 0 Å². The Labute approximate surface area is 99.7 Å². The van der Waals surface area contributed by atoms with Crippen LogP contribution in [0.1, 0.15) is 0 Å². The minimum absolute atomic E-state index is 0.432. The molecule has 0 bridgehead atoms. The maximum Gasteiger partial charge on any atom is 0.328 e. The maximum absolute atomic E-state index is 10.2. The van der Waals surface area contributed by atoms with Crippen LogP contribution in [-0.4, -0.2) is 31.8 Å². The molecule has 17 heavy (non-hydrogen) atoms. The predicted molar refractivity (Wildman–Crippen MR) is 64.8 cm³/mol. The normalized spacial score (nSPS) is 10.2. The molecule has 0 saturated heterocycles. The molecular formula is C12H15NO4. The average Bonchev–Trinajstić information content (AvgIpc) is 2.34. The van der Waals surface area contributed by atoms with Crippen molar-refractivity contribution >= 4 is 11.7 Å². The lowest BCUT2D eigenvalue weighted by atomic mass is 10.2. The number of ether oxygens (including phenoxy) is 2. The summed E-state index contributed by atoms with van der Waals surface area (Å²) in [5, 5.41) is 11.5. The molecule has 1 aromatic rings. The highest BCUT2D eigenvalue weighted by atomic mass is 16.5. The molecule has 1 rings (SSSR count). The van der Waals surface area contributed by atoms with Gasteiger partial charge in [-0.15, -0.1) is 0 Å². The fourth-order valence-corrected chi connectivity index (χ4v) is 1.28. The molecule has 0 saturated carbocycles. The number of carboxylic acid groups (broad SMARTS) is 1. The van der Waals surface area contributed by atoms with E-state index in [4.69, 9.17) is 14.6 Å². The largest absolute Gasteiger partial charge is 0.493 e. The van der Waals surface area contributed by atoms with Gasteiger partial charge in [0.25, 0.3) is 0 Å². The van der Waals surface area contributed by atoms with E-state index in [0.717, 1.165) is 11.8 Å². The molecule has 5 heteroatoms. The summed E-state index contributed by atoms with van der Waals surface area (Å²) >= 11 is 0. The van der Waals surface area contributed by atoms with E-state index in [1.807, 2.05) is 6.07 Å². The van der Waals surface area contributed by atoms with E-state index < -0.39 is 5.97 Å². The molecule has 0 atom stereocenters. The van der Waals surface area contributed by atoms with Gasteiger partial charge in [-0.05, 0) is 12.1 Å². The second kappa shape index (κ2) is 6.42. The van der Waals surface area contributed by atoms with Gasteiger partial charge in [0.2, 0.25) is 0 Å². The summed E-state index contributed by atoms with van der Waals surface area (Å²) in [5.74, 6) is 0.318. The number of carboxylic acids is 1. The Morgan fingerprint density at radius 2 is 2.06 bits per heavy atom. The number of hydrogen-bond acceptors (Lipinski definition) is 4. The topological polar surface area (TPSA) is 67.8 Å². The van der Waals surface area contributed by atoms with Crippen molar-refractivity contribution in [2.75, 3.05) is 26.1 Å². The van der Waals surface area contributed by atoms with Crippen molar-refractivity contribution in [3.63, 3.8) is 0 Å². The first-order valence-electron chi connectivity index (χ1n) is 5.02. The predicted octanol–water partition coefficient (Wildman–Crippen LogP) is 1.76. The summed E-state index contributed by atoms with van der Waals surface area (Å²) in [6.07, 6.45) is 2.62. The Morgan fingerprint density at radius 3 is 2.65 bits per heavy atom. The van der Waals surface area contributed by atoms with Gasteiger partial charge in [0.15, 0.2) is 11.5 Å². The third-order valence-electron chi connectivity index (χ3n) is 2.07. The lowest BCUT2D eigenvalue weighted by molar-refractivity contribution is -0.131. The summed E-state index contributed by atoms with van der Waals surface area (Å²) in [4.78, 5) is 10.2. The van der Waals surface area contributed by atoms with Crippen LogP contribution >= 0.6 is 0 Å². The second-order valence-corrected chi connectivity index (χ2v) is 3.19. The molecule has 0 heterocycles. The summed E-state index contributed by atoms with van der Waals surface area (Å²) in [6.45, 7) is 0.432. The van der Waals surface area contributed by atoms with Gasteiger partial charge in [-0.2, -0.15) is 0 Å². The van der Waals surface area contributed by atoms with E-state index in [1.165, 1.54) is 6.08 Å². The third-order valence-corrected chi connectivity index (χ3v) is 2.07. The summed E-state index contributed by atoms with van der Waals surface area (Å²) in [5.41, 5.74) is 0.831. The van der Waals surface area contributed by atoms with Gasteiger partial charge < -0.3 is 19.9 Å². The van der Waals surface area contributed by atoms with Crippen molar-refractivity contribution in [1.82, 2.24) is 0 Å². The van der Waals surface area contributed by atoms with Crippen LogP contribution in [0, 0.1) is 0 Å². The number of benzene rings is 1. The monoisotopic (exact) mass is 237 g/mol. The van der Waals surface area contributed by atoms with Gasteiger partial charge >= 0.3 is 5.97 Å². The van der Waals surface area contributed by atoms with Crippen LogP contribution in [0.25, 0.3) is 0 Å². The molecule has 5 nitrogen and oxygen atoms in total. The van der Waals surface area contributed by atoms with Gasteiger partial charge in [0, 0.05) is 24.4 Å². The van der Waals surface area contributed by atoms with Crippen molar-refractivity contribution in [2.45, 2.75) is 0 Å². The number of rotatable bonds is 6. The van der Waals surface area contributed by atoms with Crippen LogP contribution in [0.2, 0.25) is 0 Å². The first-order chi connectivity index (χ1) is 8.17. The van der Waals surface area contributed by atoms with Crippen LogP contribution in [0.5, 0.6) is 11.5 Å². The highest BCUT2D eigenvalue weighted by Gasteiger charge is 2.03. The SMILES string of the molecule is COc1ccc(NC/C=C/C(=O)O)cc1OC. The Morgan fingerprint density at radius 1 is 1.35 bits per heavy atom. The van der Waals surface area contributed by atoms with Gasteiger partial charge in [-0.3, -0.25) is 0 Å². The highest BCUT2D eigenvalue weighted by Crippen LogP contribution is 2.29. The molecule has 0 aromatic heterocycles. The van der Waals surface area contributed by atoms with Crippen molar-refractivity contribution in [3.05, 3.63) is 30.4 Å². The number of hydrogen-bond donors (Lipinski definition) is 2. The molecule has 0 fully saturated rings. The maximum atomic E-state index is 10.2. The molecule has 0 unspecified atom stereocenters. The molecule has 92 valence electrons. The zero-order chi connectivity index (χ0) is 12.7. The lowest BCUT2D eigenvalue weighted by Gasteiger charge is -2.10. The number of anilines is 1. The molecule has 0 spiro atoms. The molecule has 0 aliphatic carbocycles. The number of carbonyl (C=O) groups is 1. The zero-order valence-electron chi connectivity index (χ0n) is 9.77. The van der Waals surface area contributed by atoms with Crippen molar-refractivity contribution in [1.29, 1.82) is 0 Å². The Kier molecular flexibility index (Phi) is 4.87. The van der Waals surface area contributed by atoms with E-state index in [2.05, 4.69) is 5.32 Å². The first kappa shape index (κ1) is 12.9. The molecule has 0 amide bonds. The van der Waals surface area contributed by atoms with Crippen LogP contribution in [0.15, 0.2) is 30.4 Å². The summed E-state index contributed by atoms with van der Waals surface area (Å²) < 4.78 is 10.2. The molecule has 0 radical (unpaired) electrons. The zero-order valence-corrected chi connectivity index (χ0v) is 9.77. The molecule has 0 aliphatic heterocycles. The van der Waals surface area contributed by atoms with E-state index in [9.17, 15) is 4.79 Å². The number of aliphatic carboxylic acids is 1. The Hall–Kier alpha value is -2.17. The Bertz CT molecular complexity index is 415. The van der Waals surface area contributed by atoms with Crippen LogP contribution in [-0.2, 0) is 4.79 Å². The Balaban J connectivity index is 2.63. The minimum atomic E-state index is -0.959. The fraction of sp³-hybridized carbons (Fsp3) is 0.250. The smallest absolute Gasteiger partial charge is 0.328 e. The lowest BCUT2D eigenvalue weighted by Crippen LogP contribution is -2.00. The fourth-order valence-electron chi connectivity index (χ4n) is 1.28. The van der Waals surface area contributed by atoms with Gasteiger partial charge in [-0.25, -0.2) is 4.79 Å². The summed E-state index contributed by atoms with van der Waals surface area (Å²) in [6, 6.07) is 5.39. The third kappa shape index (κ3) is 4.06. The van der Waals surface area contributed by atoms with Crippen molar-refractivity contribution in [2.24, 2.45) is 0 Å². The molecule has 0 aliphatic rings. The quantitative estimate of drug-likeness (QED) is 0.738. The van der Waals surface area contributed by atoms with E-state index in [1.54, 1.807) is 26.4 Å². The van der Waals surface area contributed by atoms with Crippen LogP contribution < -0.4 is 14.8 Å². The van der Waals surface area contributed by atoms with Gasteiger partial charge in [0.05, 0.1) is 14.2 Å².